The first-order valence-corrected chi connectivity index (χ1v) is 13.9. The molecule has 11 heteroatoms. The largest absolute Gasteiger partial charge is 0.381 e. The van der Waals surface area contributed by atoms with E-state index in [1.165, 1.54) is 11.3 Å². The van der Waals surface area contributed by atoms with Crippen LogP contribution < -0.4 is 0 Å². The molecule has 1 fully saturated rings. The van der Waals surface area contributed by atoms with Crippen LogP contribution in [0.1, 0.15) is 17.0 Å². The van der Waals surface area contributed by atoms with Gasteiger partial charge in [-0.1, -0.05) is 29.3 Å². The number of β-amino-alcohol motifs (C(OH)–C–C–N with tert-alkyl or cyclic N) is 1. The highest BCUT2D eigenvalue weighted by molar-refractivity contribution is 14.1. The van der Waals surface area contributed by atoms with Crippen LogP contribution in [0, 0.1) is 10.6 Å². The Morgan fingerprint density at radius 3 is 2.70 bits per heavy atom. The van der Waals surface area contributed by atoms with Gasteiger partial charge in [-0.2, -0.15) is 0 Å². The summed E-state index contributed by atoms with van der Waals surface area (Å²) in [6.07, 6.45) is 2.24. The smallest absolute Gasteiger partial charge is 0.225 e. The molecule has 3 aromatic heterocycles. The van der Waals surface area contributed by atoms with Gasteiger partial charge in [0.2, 0.25) is 9.84 Å². The van der Waals surface area contributed by atoms with E-state index in [1.54, 1.807) is 30.5 Å². The summed E-state index contributed by atoms with van der Waals surface area (Å²) in [5.74, 6) is 0. The lowest BCUT2D eigenvalue weighted by Gasteiger charge is -2.19. The number of hydrogen-bond acceptors (Lipinski definition) is 7. The Morgan fingerprint density at radius 2 is 2.03 bits per heavy atom. The van der Waals surface area contributed by atoms with Gasteiger partial charge in [0.25, 0.3) is 0 Å². The first-order valence-electron chi connectivity index (χ1n) is 10.2. The van der Waals surface area contributed by atoms with Crippen molar-refractivity contribution in [1.82, 2.24) is 19.9 Å². The number of aromatic nitrogens is 3. The van der Waals surface area contributed by atoms with E-state index >= 15 is 0 Å². The average molecular weight is 615 g/mol. The number of aromatic amines is 1. The second-order valence-electron chi connectivity index (χ2n) is 8.35. The van der Waals surface area contributed by atoms with Gasteiger partial charge < -0.3 is 15.0 Å². The summed E-state index contributed by atoms with van der Waals surface area (Å²) in [6, 6.07) is 8.48. The van der Waals surface area contributed by atoms with E-state index < -0.39 is 15.4 Å². The molecule has 33 heavy (non-hydrogen) atoms. The number of fused-ring (bicyclic) bond motifs is 1. The van der Waals surface area contributed by atoms with Crippen LogP contribution in [0.4, 0.5) is 0 Å². The molecule has 1 atom stereocenters. The predicted molar refractivity (Wildman–Crippen MR) is 138 cm³/mol. The monoisotopic (exact) mass is 614 g/mol. The molecule has 172 valence electrons. The Morgan fingerprint density at radius 1 is 1.30 bits per heavy atom. The maximum atomic E-state index is 13.5. The number of thiazole rings is 1. The fraction of sp³-hybridized carbons (Fsp3) is 0.273. The van der Waals surface area contributed by atoms with Gasteiger partial charge in [0.05, 0.1) is 18.5 Å². The van der Waals surface area contributed by atoms with Crippen LogP contribution in [0.5, 0.6) is 0 Å². The van der Waals surface area contributed by atoms with Crippen molar-refractivity contribution < 1.29 is 13.5 Å². The van der Waals surface area contributed by atoms with Gasteiger partial charge in [-0.05, 0) is 61.2 Å². The lowest BCUT2D eigenvalue weighted by atomic mass is 10.1. The second kappa shape index (κ2) is 8.28. The molecule has 0 radical (unpaired) electrons. The fourth-order valence-electron chi connectivity index (χ4n) is 4.07. The molecule has 1 aliphatic rings. The zero-order valence-corrected chi connectivity index (χ0v) is 22.3. The molecule has 0 bridgehead atoms. The van der Waals surface area contributed by atoms with Crippen LogP contribution in [0.3, 0.4) is 0 Å². The number of rotatable bonds is 4. The van der Waals surface area contributed by atoms with Crippen molar-refractivity contribution in [2.24, 2.45) is 0 Å². The third-order valence-electron chi connectivity index (χ3n) is 5.83. The van der Waals surface area contributed by atoms with Crippen LogP contribution in [0.25, 0.3) is 21.5 Å². The molecule has 1 unspecified atom stereocenters. The first kappa shape index (κ1) is 23.2. The number of nitrogens with one attached hydrogen (secondary N) is 1. The SMILES string of the molecule is Cc1ccc(S(=O)(=O)c2nc3[nH]c(I)cc3c(-c3cnc(C4(O)CCN(C)C4)s3)c2Cl)cc1. The molecule has 4 aromatic rings. The van der Waals surface area contributed by atoms with Crippen LogP contribution in [-0.4, -0.2) is 53.5 Å². The number of benzene rings is 1. The minimum atomic E-state index is -3.96. The molecule has 5 rings (SSSR count). The summed E-state index contributed by atoms with van der Waals surface area (Å²) >= 11 is 10.2. The molecule has 1 aliphatic heterocycles. The molecule has 1 aromatic carbocycles. The van der Waals surface area contributed by atoms with Crippen LogP contribution >= 0.6 is 45.5 Å². The van der Waals surface area contributed by atoms with E-state index in [0.717, 1.165) is 15.8 Å². The summed E-state index contributed by atoms with van der Waals surface area (Å²) in [7, 11) is -2.01. The number of sulfone groups is 1. The number of pyridine rings is 1. The summed E-state index contributed by atoms with van der Waals surface area (Å²) in [5.41, 5.74) is 0.902. The topological polar surface area (TPSA) is 99.2 Å². The Labute approximate surface area is 213 Å². The van der Waals surface area contributed by atoms with Crippen LogP contribution in [0.2, 0.25) is 5.02 Å². The van der Waals surface area contributed by atoms with Crippen LogP contribution in [-0.2, 0) is 15.4 Å². The summed E-state index contributed by atoms with van der Waals surface area (Å²) in [6.45, 7) is 3.17. The Kier molecular flexibility index (Phi) is 5.82. The number of likely N-dealkylation sites (N-methyl/N-ethyl adjacent to an activating group) is 1. The summed E-state index contributed by atoms with van der Waals surface area (Å²) < 4.78 is 27.8. The van der Waals surface area contributed by atoms with Crippen LogP contribution in [0.15, 0.2) is 46.5 Å². The Balaban J connectivity index is 1.70. The van der Waals surface area contributed by atoms with E-state index in [9.17, 15) is 13.5 Å². The number of halogens is 2. The third-order valence-corrected chi connectivity index (χ3v) is 9.80. The maximum absolute atomic E-state index is 13.5. The summed E-state index contributed by atoms with van der Waals surface area (Å²) in [4.78, 5) is 14.9. The lowest BCUT2D eigenvalue weighted by molar-refractivity contribution is 0.0486. The van der Waals surface area contributed by atoms with Gasteiger partial charge >= 0.3 is 0 Å². The molecule has 2 N–H and O–H groups in total. The standard InChI is InChI=1S/C22H20ClIN4O3S2/c1-12-3-5-13(6-4-12)33(30,31)20-18(23)17(14-9-16(24)26-19(14)27-20)15-10-25-21(32-15)22(29)7-8-28(2)11-22/h3-6,9-10,29H,7-8,11H2,1-2H3,(H,26,27). The summed E-state index contributed by atoms with van der Waals surface area (Å²) in [5, 5.41) is 12.2. The second-order valence-corrected chi connectivity index (χ2v) is 12.8. The quantitative estimate of drug-likeness (QED) is 0.326. The molecule has 0 aliphatic carbocycles. The molecular weight excluding hydrogens is 595 g/mol. The number of hydrogen-bond donors (Lipinski definition) is 2. The third kappa shape index (κ3) is 4.00. The minimum Gasteiger partial charge on any atom is -0.381 e. The number of likely N-dealkylation sites (tertiary alicyclic amines) is 1. The highest BCUT2D eigenvalue weighted by atomic mass is 127. The van der Waals surface area contributed by atoms with Crippen molar-refractivity contribution >= 4 is 66.4 Å². The van der Waals surface area contributed by atoms with E-state index in [4.69, 9.17) is 11.6 Å². The number of nitrogens with zero attached hydrogens (tertiary/aromatic N) is 3. The fourth-order valence-corrected chi connectivity index (χ4v) is 7.60. The van der Waals surface area contributed by atoms with E-state index in [0.29, 0.717) is 39.4 Å². The predicted octanol–water partition coefficient (Wildman–Crippen LogP) is 4.61. The minimum absolute atomic E-state index is 0.0456. The molecule has 0 spiro atoms. The van der Waals surface area contributed by atoms with Crippen molar-refractivity contribution in [3.05, 3.63) is 55.8 Å². The normalized spacial score (nSPS) is 19.5. The average Bonchev–Trinajstić information content (AvgIpc) is 3.47. The molecule has 0 saturated carbocycles. The molecular formula is C22H20ClIN4O3S2. The highest BCUT2D eigenvalue weighted by Crippen LogP contribution is 2.44. The first-order chi connectivity index (χ1) is 15.6. The van der Waals surface area contributed by atoms with Crippen molar-refractivity contribution in [2.75, 3.05) is 20.1 Å². The van der Waals surface area contributed by atoms with Gasteiger partial charge in [-0.15, -0.1) is 11.3 Å². The van der Waals surface area contributed by atoms with Gasteiger partial charge in [0, 0.05) is 30.2 Å². The number of H-pyrrole nitrogens is 1. The van der Waals surface area contributed by atoms with Crippen molar-refractivity contribution in [1.29, 1.82) is 0 Å². The van der Waals surface area contributed by atoms with E-state index in [2.05, 4.69) is 42.4 Å². The van der Waals surface area contributed by atoms with Gasteiger partial charge in [-0.25, -0.2) is 18.4 Å². The van der Waals surface area contributed by atoms with Crippen molar-refractivity contribution in [2.45, 2.75) is 28.9 Å². The van der Waals surface area contributed by atoms with E-state index in [-0.39, 0.29) is 14.9 Å². The zero-order valence-electron chi connectivity index (χ0n) is 17.8. The highest BCUT2D eigenvalue weighted by Gasteiger charge is 2.39. The Bertz CT molecular complexity index is 1480. The zero-order chi connectivity index (χ0) is 23.5. The molecule has 4 heterocycles. The molecule has 7 nitrogen and oxygen atoms in total. The van der Waals surface area contributed by atoms with Gasteiger partial charge in [-0.3, -0.25) is 0 Å². The lowest BCUT2D eigenvalue weighted by Crippen LogP contribution is -2.28. The van der Waals surface area contributed by atoms with E-state index in [1.807, 2.05) is 20.0 Å². The molecule has 1 saturated heterocycles. The van der Waals surface area contributed by atoms with Gasteiger partial charge in [0.15, 0.2) is 5.03 Å². The van der Waals surface area contributed by atoms with Crippen molar-refractivity contribution in [3.8, 4) is 10.4 Å². The number of aryl methyl sites for hydroxylation is 1. The molecule has 0 amide bonds. The maximum Gasteiger partial charge on any atom is 0.225 e. The van der Waals surface area contributed by atoms with Crippen molar-refractivity contribution in [3.63, 3.8) is 0 Å². The number of aliphatic hydroxyl groups is 1. The van der Waals surface area contributed by atoms with Gasteiger partial charge in [0.1, 0.15) is 16.3 Å². The Hall–Kier alpha value is -1.57.